The van der Waals surface area contributed by atoms with Crippen LogP contribution in [0.5, 0.6) is 5.75 Å². The number of carbonyl (C=O) groups excluding carboxylic acids is 1. The summed E-state index contributed by atoms with van der Waals surface area (Å²) in [6, 6.07) is 6.97. The lowest BCUT2D eigenvalue weighted by molar-refractivity contribution is -0.156. The van der Waals surface area contributed by atoms with Crippen LogP contribution in [0.3, 0.4) is 0 Å². The minimum atomic E-state index is -4.64. The maximum absolute atomic E-state index is 11.4. The highest BCUT2D eigenvalue weighted by molar-refractivity contribution is 6.40. The van der Waals surface area contributed by atoms with Crippen molar-refractivity contribution in [2.75, 3.05) is 12.3 Å². The first-order valence-electron chi connectivity index (χ1n) is 8.79. The molecule has 1 rings (SSSR count). The number of halogens is 3. The van der Waals surface area contributed by atoms with Crippen LogP contribution in [0.25, 0.3) is 0 Å². The van der Waals surface area contributed by atoms with Crippen LogP contribution in [0.4, 0.5) is 18.9 Å². The van der Waals surface area contributed by atoms with Crippen molar-refractivity contribution in [3.63, 3.8) is 0 Å². The summed E-state index contributed by atoms with van der Waals surface area (Å²) < 4.78 is 36.8. The molecular weight excluding hydrogens is 396 g/mol. The summed E-state index contributed by atoms with van der Waals surface area (Å²) >= 11 is 0. The summed E-state index contributed by atoms with van der Waals surface area (Å²) in [5, 5.41) is 26.9. The molecule has 0 heterocycles. The molecular formula is C17H26BF3N2O6. The van der Waals surface area contributed by atoms with Crippen LogP contribution in [0.2, 0.25) is 6.32 Å². The Bertz CT molecular complexity index is 616. The van der Waals surface area contributed by atoms with Crippen LogP contribution < -0.4 is 16.2 Å². The van der Waals surface area contributed by atoms with Crippen molar-refractivity contribution in [3.05, 3.63) is 24.3 Å². The smallest absolute Gasteiger partial charge is 0.451 e. The van der Waals surface area contributed by atoms with E-state index in [2.05, 4.69) is 0 Å². The lowest BCUT2D eigenvalue weighted by Crippen LogP contribution is -2.48. The number of hydrogen-bond donors (Lipinski definition) is 5. The van der Waals surface area contributed by atoms with E-state index < -0.39 is 31.1 Å². The van der Waals surface area contributed by atoms with Gasteiger partial charge in [-0.05, 0) is 49.8 Å². The molecule has 164 valence electrons. The van der Waals surface area contributed by atoms with Crippen molar-refractivity contribution in [2.24, 2.45) is 5.73 Å². The number of anilines is 1. The van der Waals surface area contributed by atoms with E-state index in [0.29, 0.717) is 43.7 Å². The molecule has 1 atom stereocenters. The average molecular weight is 422 g/mol. The van der Waals surface area contributed by atoms with Gasteiger partial charge in [0.05, 0.1) is 6.61 Å². The molecule has 1 unspecified atom stereocenters. The summed E-state index contributed by atoms with van der Waals surface area (Å²) in [7, 11) is -1.36. The number of alkyl halides is 3. The highest BCUT2D eigenvalue weighted by Gasteiger charge is 2.32. The van der Waals surface area contributed by atoms with Gasteiger partial charge in [-0.1, -0.05) is 12.8 Å². The summed E-state index contributed by atoms with van der Waals surface area (Å²) in [4.78, 5) is 20.1. The first-order chi connectivity index (χ1) is 13.4. The number of unbranched alkanes of at least 4 members (excludes halogenated alkanes) is 1. The molecule has 0 radical (unpaired) electrons. The first-order valence-corrected chi connectivity index (χ1v) is 8.79. The van der Waals surface area contributed by atoms with Crippen molar-refractivity contribution in [1.29, 1.82) is 0 Å². The highest BCUT2D eigenvalue weighted by Crippen LogP contribution is 2.20. The molecule has 12 heteroatoms. The number of carboxylic acids is 1. The van der Waals surface area contributed by atoms with E-state index in [1.807, 2.05) is 0 Å². The van der Waals surface area contributed by atoms with E-state index in [4.69, 9.17) is 31.0 Å². The van der Waals surface area contributed by atoms with Crippen LogP contribution in [-0.2, 0) is 9.59 Å². The van der Waals surface area contributed by atoms with Crippen molar-refractivity contribution >= 4 is 25.1 Å². The van der Waals surface area contributed by atoms with E-state index in [9.17, 15) is 23.1 Å². The number of benzene rings is 1. The normalized spacial score (nSPS) is 12.9. The lowest BCUT2D eigenvalue weighted by Gasteiger charge is -2.24. The fraction of sp³-hybridized carbons (Fsp3) is 0.529. The molecule has 0 aliphatic rings. The molecule has 0 fully saturated rings. The van der Waals surface area contributed by atoms with Gasteiger partial charge in [-0.15, -0.1) is 0 Å². The Hall–Kier alpha value is -2.31. The van der Waals surface area contributed by atoms with Gasteiger partial charge in [0, 0.05) is 5.69 Å². The van der Waals surface area contributed by atoms with E-state index >= 15 is 0 Å². The van der Waals surface area contributed by atoms with Gasteiger partial charge in [0.1, 0.15) is 11.3 Å². The monoisotopic (exact) mass is 422 g/mol. The molecule has 7 N–H and O–H groups in total. The Labute approximate surface area is 166 Å². The van der Waals surface area contributed by atoms with Gasteiger partial charge in [0.2, 0.25) is 6.29 Å². The van der Waals surface area contributed by atoms with Crippen molar-refractivity contribution in [3.8, 4) is 5.75 Å². The predicted molar refractivity (Wildman–Crippen MR) is 101 cm³/mol. The molecule has 0 aliphatic heterocycles. The number of rotatable bonds is 11. The van der Waals surface area contributed by atoms with E-state index in [1.54, 1.807) is 24.3 Å². The summed E-state index contributed by atoms with van der Waals surface area (Å²) in [6.07, 6.45) is -3.35. The number of carbonyl (C=O) groups is 2. The van der Waals surface area contributed by atoms with Gasteiger partial charge in [-0.25, -0.2) is 0 Å². The van der Waals surface area contributed by atoms with Crippen molar-refractivity contribution in [2.45, 2.75) is 50.1 Å². The fourth-order valence-corrected chi connectivity index (χ4v) is 2.25. The third kappa shape index (κ3) is 13.5. The number of aliphatic carboxylic acids is 1. The molecule has 1 aromatic rings. The quantitative estimate of drug-likeness (QED) is 0.156. The zero-order chi connectivity index (χ0) is 22.5. The Morgan fingerprint density at radius 2 is 1.62 bits per heavy atom. The summed E-state index contributed by atoms with van der Waals surface area (Å²) in [6.45, 7) is 0.367. The second-order valence-corrected chi connectivity index (χ2v) is 6.37. The second-order valence-electron chi connectivity index (χ2n) is 6.37. The number of carboxylic acid groups (broad SMARTS) is 1. The molecule has 0 bridgehead atoms. The third-order valence-corrected chi connectivity index (χ3v) is 3.81. The Morgan fingerprint density at radius 1 is 1.10 bits per heavy atom. The SMILES string of the molecule is Nc1ccc(OCCCC(N)(CCCCB(O)O)C(=O)O)cc1.O=CC(F)(F)F. The zero-order valence-electron chi connectivity index (χ0n) is 15.8. The van der Waals surface area contributed by atoms with E-state index in [1.165, 1.54) is 0 Å². The number of ether oxygens (including phenoxy) is 1. The topological polar surface area (TPSA) is 156 Å². The van der Waals surface area contributed by atoms with Crippen LogP contribution in [0.15, 0.2) is 24.3 Å². The Balaban J connectivity index is 0.00000113. The predicted octanol–water partition coefficient (Wildman–Crippen LogP) is 1.60. The van der Waals surface area contributed by atoms with Crippen molar-refractivity contribution in [1.82, 2.24) is 0 Å². The van der Waals surface area contributed by atoms with Crippen molar-refractivity contribution < 1.29 is 42.7 Å². The fourth-order valence-electron chi connectivity index (χ4n) is 2.25. The second kappa shape index (κ2) is 13.0. The van der Waals surface area contributed by atoms with Gasteiger partial charge in [0.25, 0.3) is 0 Å². The molecule has 0 amide bonds. The number of hydrogen-bond acceptors (Lipinski definition) is 7. The van der Waals surface area contributed by atoms with Crippen LogP contribution in [0.1, 0.15) is 32.1 Å². The van der Waals surface area contributed by atoms with Gasteiger partial charge in [-0.2, -0.15) is 13.2 Å². The highest BCUT2D eigenvalue weighted by atomic mass is 19.4. The Kier molecular flexibility index (Phi) is 12.0. The maximum atomic E-state index is 11.4. The van der Waals surface area contributed by atoms with Gasteiger partial charge in [0.15, 0.2) is 0 Å². The summed E-state index contributed by atoms with van der Waals surface area (Å²) in [5.41, 5.74) is 10.9. The van der Waals surface area contributed by atoms with Crippen LogP contribution in [0, 0.1) is 0 Å². The van der Waals surface area contributed by atoms with Crippen LogP contribution in [-0.4, -0.2) is 52.9 Å². The maximum Gasteiger partial charge on any atom is 0.451 e. The third-order valence-electron chi connectivity index (χ3n) is 3.81. The standard InChI is InChI=1S/C15H25BN2O5.C2HF3O/c17-12-4-6-13(7-5-12)23-11-3-9-15(18,14(19)20)8-1-2-10-16(21)22;3-2(4,5)1-6/h4-7,21-22H,1-3,8-11,17-18H2,(H,19,20);1H. The Morgan fingerprint density at radius 3 is 2.07 bits per heavy atom. The minimum Gasteiger partial charge on any atom is -0.494 e. The van der Waals surface area contributed by atoms with Gasteiger partial charge < -0.3 is 31.4 Å². The molecule has 0 saturated heterocycles. The van der Waals surface area contributed by atoms with Gasteiger partial charge >= 0.3 is 19.3 Å². The van der Waals surface area contributed by atoms with Gasteiger partial charge in [-0.3, -0.25) is 9.59 Å². The molecule has 29 heavy (non-hydrogen) atoms. The average Bonchev–Trinajstić information content (AvgIpc) is 2.63. The molecule has 0 aromatic heterocycles. The minimum absolute atomic E-state index is 0.218. The van der Waals surface area contributed by atoms with E-state index in [0.717, 1.165) is 0 Å². The number of nitrogens with two attached hydrogens (primary N) is 2. The molecule has 1 aromatic carbocycles. The lowest BCUT2D eigenvalue weighted by atomic mass is 9.81. The number of aldehydes is 1. The largest absolute Gasteiger partial charge is 0.494 e. The molecule has 0 spiro atoms. The summed E-state index contributed by atoms with van der Waals surface area (Å²) in [5.74, 6) is -0.372. The molecule has 0 saturated carbocycles. The molecule has 8 nitrogen and oxygen atoms in total. The molecule has 0 aliphatic carbocycles. The zero-order valence-corrected chi connectivity index (χ0v) is 15.8. The van der Waals surface area contributed by atoms with E-state index in [-0.39, 0.29) is 12.7 Å². The first kappa shape index (κ1) is 26.7. The van der Waals surface area contributed by atoms with Crippen LogP contribution >= 0.6 is 0 Å². The number of nitrogen functional groups attached to an aromatic ring is 1.